The summed E-state index contributed by atoms with van der Waals surface area (Å²) in [5.41, 5.74) is 0. The second kappa shape index (κ2) is 10.1. The predicted octanol–water partition coefficient (Wildman–Crippen LogP) is 4.76. The average molecular weight is 225 g/mol. The third-order valence-corrected chi connectivity index (χ3v) is 3.64. The van der Waals surface area contributed by atoms with Crippen LogP contribution in [-0.4, -0.2) is 13.2 Å². The van der Waals surface area contributed by atoms with Gasteiger partial charge in [-0.05, 0) is 18.8 Å². The van der Waals surface area contributed by atoms with Crippen molar-refractivity contribution in [3.05, 3.63) is 6.92 Å². The monoisotopic (exact) mass is 225 g/mol. The molecule has 0 saturated carbocycles. The van der Waals surface area contributed by atoms with Crippen LogP contribution in [0.2, 0.25) is 0 Å². The molecule has 0 aromatic carbocycles. The highest BCUT2D eigenvalue weighted by molar-refractivity contribution is 4.63. The first-order chi connectivity index (χ1) is 7.93. The van der Waals surface area contributed by atoms with Gasteiger partial charge in [-0.25, -0.2) is 0 Å². The molecule has 16 heavy (non-hydrogen) atoms. The van der Waals surface area contributed by atoms with Gasteiger partial charge in [0.15, 0.2) is 0 Å². The van der Waals surface area contributed by atoms with Crippen molar-refractivity contribution in [1.29, 1.82) is 0 Å². The first-order valence-corrected chi connectivity index (χ1v) is 7.30. The lowest BCUT2D eigenvalue weighted by Crippen LogP contribution is -1.98. The molecule has 0 aromatic rings. The van der Waals surface area contributed by atoms with E-state index in [2.05, 4.69) is 6.92 Å². The van der Waals surface area contributed by atoms with Crippen molar-refractivity contribution in [2.45, 2.75) is 70.6 Å². The van der Waals surface area contributed by atoms with E-state index in [1.807, 2.05) is 0 Å². The normalized spacial score (nSPS) is 20.4. The second-order valence-electron chi connectivity index (χ2n) is 5.20. The van der Waals surface area contributed by atoms with Gasteiger partial charge in [0.1, 0.15) is 0 Å². The van der Waals surface area contributed by atoms with E-state index in [1.54, 1.807) is 0 Å². The Morgan fingerprint density at radius 1 is 0.875 bits per heavy atom. The molecule has 0 aliphatic carbocycles. The molecule has 1 saturated heterocycles. The number of rotatable bonds is 10. The molecule has 1 fully saturated rings. The van der Waals surface area contributed by atoms with Gasteiger partial charge in [0.05, 0.1) is 0 Å². The van der Waals surface area contributed by atoms with Crippen LogP contribution < -0.4 is 0 Å². The smallest absolute Gasteiger partial charge is 0.0495 e. The van der Waals surface area contributed by atoms with Gasteiger partial charge in [0, 0.05) is 13.2 Å². The minimum Gasteiger partial charge on any atom is -0.381 e. The standard InChI is InChI=1S/C15H29O/c1-2-3-4-5-6-7-8-9-10-11-15-12-13-16-14-15/h15H,1-14H2. The van der Waals surface area contributed by atoms with E-state index < -0.39 is 0 Å². The molecule has 1 unspecified atom stereocenters. The molecule has 1 atom stereocenters. The maximum Gasteiger partial charge on any atom is 0.0495 e. The molecule has 0 aromatic heterocycles. The number of unbranched alkanes of at least 4 members (excludes halogenated alkanes) is 8. The van der Waals surface area contributed by atoms with E-state index >= 15 is 0 Å². The van der Waals surface area contributed by atoms with Gasteiger partial charge >= 0.3 is 0 Å². The van der Waals surface area contributed by atoms with Crippen molar-refractivity contribution in [3.63, 3.8) is 0 Å². The molecule has 95 valence electrons. The van der Waals surface area contributed by atoms with Crippen LogP contribution in [0.15, 0.2) is 0 Å². The SMILES string of the molecule is [CH2]CCCCCCCCCCC1CCOC1. The van der Waals surface area contributed by atoms with E-state index in [0.717, 1.165) is 25.6 Å². The van der Waals surface area contributed by atoms with Crippen LogP contribution in [0.4, 0.5) is 0 Å². The maximum atomic E-state index is 5.39. The topological polar surface area (TPSA) is 9.23 Å². The summed E-state index contributed by atoms with van der Waals surface area (Å²) < 4.78 is 5.39. The summed E-state index contributed by atoms with van der Waals surface area (Å²) in [6.45, 7) is 5.92. The average Bonchev–Trinajstić information content (AvgIpc) is 2.80. The number of hydrogen-bond donors (Lipinski definition) is 0. The third-order valence-electron chi connectivity index (χ3n) is 3.64. The van der Waals surface area contributed by atoms with E-state index in [1.165, 1.54) is 64.2 Å². The van der Waals surface area contributed by atoms with Gasteiger partial charge in [-0.3, -0.25) is 0 Å². The van der Waals surface area contributed by atoms with Crippen LogP contribution in [0.25, 0.3) is 0 Å². The molecule has 1 heteroatoms. The molecule has 1 rings (SSSR count). The molecule has 1 heterocycles. The van der Waals surface area contributed by atoms with Gasteiger partial charge in [0.25, 0.3) is 0 Å². The highest BCUT2D eigenvalue weighted by Gasteiger charge is 2.14. The van der Waals surface area contributed by atoms with Crippen LogP contribution in [0.1, 0.15) is 70.6 Å². The van der Waals surface area contributed by atoms with Crippen LogP contribution in [-0.2, 0) is 4.74 Å². The fourth-order valence-corrected chi connectivity index (χ4v) is 2.48. The largest absolute Gasteiger partial charge is 0.381 e. The third kappa shape index (κ3) is 7.27. The van der Waals surface area contributed by atoms with Crippen molar-refractivity contribution < 1.29 is 4.74 Å². The number of ether oxygens (including phenoxy) is 1. The summed E-state index contributed by atoms with van der Waals surface area (Å²) >= 11 is 0. The molecular formula is C15H29O. The Balaban J connectivity index is 1.71. The molecule has 1 aliphatic rings. The van der Waals surface area contributed by atoms with Crippen LogP contribution >= 0.6 is 0 Å². The lowest BCUT2D eigenvalue weighted by Gasteiger charge is -2.06. The Morgan fingerprint density at radius 2 is 1.50 bits per heavy atom. The first-order valence-electron chi connectivity index (χ1n) is 7.30. The van der Waals surface area contributed by atoms with Crippen molar-refractivity contribution in [2.75, 3.05) is 13.2 Å². The van der Waals surface area contributed by atoms with Crippen LogP contribution in [0.5, 0.6) is 0 Å². The number of hydrogen-bond acceptors (Lipinski definition) is 1. The molecule has 1 radical (unpaired) electrons. The van der Waals surface area contributed by atoms with Crippen molar-refractivity contribution >= 4 is 0 Å². The lowest BCUT2D eigenvalue weighted by molar-refractivity contribution is 0.183. The van der Waals surface area contributed by atoms with Crippen LogP contribution in [0, 0.1) is 12.8 Å². The van der Waals surface area contributed by atoms with Crippen molar-refractivity contribution in [2.24, 2.45) is 5.92 Å². The molecule has 1 nitrogen and oxygen atoms in total. The van der Waals surface area contributed by atoms with E-state index in [-0.39, 0.29) is 0 Å². The zero-order valence-corrected chi connectivity index (χ0v) is 10.9. The van der Waals surface area contributed by atoms with E-state index in [9.17, 15) is 0 Å². The molecule has 0 amide bonds. The zero-order chi connectivity index (χ0) is 11.5. The van der Waals surface area contributed by atoms with Gasteiger partial charge in [-0.2, -0.15) is 0 Å². The molecule has 0 spiro atoms. The highest BCUT2D eigenvalue weighted by atomic mass is 16.5. The predicted molar refractivity (Wildman–Crippen MR) is 70.5 cm³/mol. The molecular weight excluding hydrogens is 196 g/mol. The summed E-state index contributed by atoms with van der Waals surface area (Å²) in [4.78, 5) is 0. The quantitative estimate of drug-likeness (QED) is 0.487. The van der Waals surface area contributed by atoms with Gasteiger partial charge in [0.2, 0.25) is 0 Å². The fourth-order valence-electron chi connectivity index (χ4n) is 2.48. The fraction of sp³-hybridized carbons (Fsp3) is 0.933. The van der Waals surface area contributed by atoms with Gasteiger partial charge in [-0.15, -0.1) is 0 Å². The van der Waals surface area contributed by atoms with Gasteiger partial charge < -0.3 is 4.74 Å². The molecule has 1 aliphatic heterocycles. The van der Waals surface area contributed by atoms with Crippen molar-refractivity contribution in [1.82, 2.24) is 0 Å². The first kappa shape index (κ1) is 14.0. The van der Waals surface area contributed by atoms with Crippen molar-refractivity contribution in [3.8, 4) is 0 Å². The summed E-state index contributed by atoms with van der Waals surface area (Å²) in [5, 5.41) is 0. The maximum absolute atomic E-state index is 5.39. The Kier molecular flexibility index (Phi) is 8.88. The summed E-state index contributed by atoms with van der Waals surface area (Å²) in [6, 6.07) is 0. The van der Waals surface area contributed by atoms with Gasteiger partial charge in [-0.1, -0.05) is 64.7 Å². The lowest BCUT2D eigenvalue weighted by atomic mass is 9.99. The Bertz CT molecular complexity index is 138. The second-order valence-corrected chi connectivity index (χ2v) is 5.20. The van der Waals surface area contributed by atoms with E-state index in [4.69, 9.17) is 4.74 Å². The Labute approximate surface area is 102 Å². The Morgan fingerprint density at radius 3 is 2.06 bits per heavy atom. The molecule has 0 bridgehead atoms. The summed E-state index contributed by atoms with van der Waals surface area (Å²) in [7, 11) is 0. The minimum atomic E-state index is 0.886. The van der Waals surface area contributed by atoms with E-state index in [0.29, 0.717) is 0 Å². The Hall–Kier alpha value is -0.0400. The summed E-state index contributed by atoms with van der Waals surface area (Å²) in [5.74, 6) is 0.886. The minimum absolute atomic E-state index is 0.886. The highest BCUT2D eigenvalue weighted by Crippen LogP contribution is 2.20. The molecule has 0 N–H and O–H groups in total. The summed E-state index contributed by atoms with van der Waals surface area (Å²) in [6.07, 6.45) is 15.1. The zero-order valence-electron chi connectivity index (χ0n) is 10.9. The van der Waals surface area contributed by atoms with Crippen LogP contribution in [0.3, 0.4) is 0 Å².